The SMILES string of the molecule is CCCCCCCCCCCC(=O)N(C)CC(=O)OCCCCC. The van der Waals surface area contributed by atoms with Gasteiger partial charge in [0.1, 0.15) is 6.54 Å². The van der Waals surface area contributed by atoms with Gasteiger partial charge in [0.25, 0.3) is 0 Å². The van der Waals surface area contributed by atoms with Gasteiger partial charge in [0.15, 0.2) is 0 Å². The van der Waals surface area contributed by atoms with Gasteiger partial charge in [0.2, 0.25) is 5.91 Å². The molecule has 0 bridgehead atoms. The summed E-state index contributed by atoms with van der Waals surface area (Å²) >= 11 is 0. The highest BCUT2D eigenvalue weighted by atomic mass is 16.5. The van der Waals surface area contributed by atoms with E-state index in [0.717, 1.165) is 32.1 Å². The lowest BCUT2D eigenvalue weighted by molar-refractivity contribution is -0.148. The number of amides is 1. The van der Waals surface area contributed by atoms with Crippen LogP contribution in [0.5, 0.6) is 0 Å². The lowest BCUT2D eigenvalue weighted by atomic mass is 10.1. The second-order valence-corrected chi connectivity index (χ2v) is 6.76. The molecule has 1 amide bonds. The van der Waals surface area contributed by atoms with Crippen LogP contribution in [0.1, 0.15) is 97.3 Å². The third kappa shape index (κ3) is 14.5. The number of ether oxygens (including phenoxy) is 1. The molecule has 0 saturated carbocycles. The molecular weight excluding hydrogens is 302 g/mol. The largest absolute Gasteiger partial charge is 0.464 e. The smallest absolute Gasteiger partial charge is 0.325 e. The normalized spacial score (nSPS) is 10.6. The van der Waals surface area contributed by atoms with Gasteiger partial charge in [0.05, 0.1) is 6.61 Å². The van der Waals surface area contributed by atoms with Crippen molar-refractivity contribution >= 4 is 11.9 Å². The summed E-state index contributed by atoms with van der Waals surface area (Å²) in [6.45, 7) is 4.89. The lowest BCUT2D eigenvalue weighted by Gasteiger charge is -2.16. The van der Waals surface area contributed by atoms with Crippen LogP contribution in [0.3, 0.4) is 0 Å². The zero-order chi connectivity index (χ0) is 18.0. The van der Waals surface area contributed by atoms with Crippen molar-refractivity contribution in [2.45, 2.75) is 97.3 Å². The first-order valence-electron chi connectivity index (χ1n) is 10.0. The van der Waals surface area contributed by atoms with Gasteiger partial charge in [-0.05, 0) is 12.8 Å². The Morgan fingerprint density at radius 2 is 1.25 bits per heavy atom. The number of esters is 1. The zero-order valence-electron chi connectivity index (χ0n) is 16.3. The highest BCUT2D eigenvalue weighted by molar-refractivity contribution is 5.81. The second-order valence-electron chi connectivity index (χ2n) is 6.76. The Hall–Kier alpha value is -1.06. The van der Waals surface area contributed by atoms with Gasteiger partial charge >= 0.3 is 5.97 Å². The van der Waals surface area contributed by atoms with Crippen molar-refractivity contribution in [3.63, 3.8) is 0 Å². The molecule has 0 aliphatic heterocycles. The fraction of sp³-hybridized carbons (Fsp3) is 0.900. The molecule has 0 heterocycles. The summed E-state index contributed by atoms with van der Waals surface area (Å²) in [5.41, 5.74) is 0. The van der Waals surface area contributed by atoms with E-state index in [1.807, 2.05) is 0 Å². The number of likely N-dealkylation sites (N-methyl/N-ethyl adjacent to an activating group) is 1. The van der Waals surface area contributed by atoms with Crippen LogP contribution in [0.25, 0.3) is 0 Å². The Morgan fingerprint density at radius 3 is 1.83 bits per heavy atom. The number of hydrogen-bond donors (Lipinski definition) is 0. The van der Waals surface area contributed by atoms with Gasteiger partial charge in [0, 0.05) is 13.5 Å². The monoisotopic (exact) mass is 341 g/mol. The van der Waals surface area contributed by atoms with Gasteiger partial charge in [-0.1, -0.05) is 78.1 Å². The van der Waals surface area contributed by atoms with E-state index in [-0.39, 0.29) is 18.4 Å². The van der Waals surface area contributed by atoms with Crippen molar-refractivity contribution in [3.8, 4) is 0 Å². The molecule has 0 radical (unpaired) electrons. The maximum atomic E-state index is 12.0. The van der Waals surface area contributed by atoms with Gasteiger partial charge in [-0.2, -0.15) is 0 Å². The molecule has 0 aromatic carbocycles. The zero-order valence-corrected chi connectivity index (χ0v) is 16.3. The average molecular weight is 342 g/mol. The van der Waals surface area contributed by atoms with Gasteiger partial charge in [-0.15, -0.1) is 0 Å². The van der Waals surface area contributed by atoms with E-state index in [1.54, 1.807) is 7.05 Å². The standard InChI is InChI=1S/C20H39NO3/c1-4-6-8-9-10-11-12-13-14-16-19(22)21(3)18-20(23)24-17-15-7-5-2/h4-18H2,1-3H3. The predicted octanol–water partition coefficient (Wildman–Crippen LogP) is 5.10. The van der Waals surface area contributed by atoms with E-state index in [2.05, 4.69) is 13.8 Å². The highest BCUT2D eigenvalue weighted by Gasteiger charge is 2.13. The fourth-order valence-corrected chi connectivity index (χ4v) is 2.64. The highest BCUT2D eigenvalue weighted by Crippen LogP contribution is 2.11. The van der Waals surface area contributed by atoms with E-state index in [9.17, 15) is 9.59 Å². The number of hydrogen-bond acceptors (Lipinski definition) is 3. The van der Waals surface area contributed by atoms with Crippen LogP contribution in [0.4, 0.5) is 0 Å². The average Bonchev–Trinajstić information content (AvgIpc) is 2.57. The van der Waals surface area contributed by atoms with Gasteiger partial charge < -0.3 is 9.64 Å². The first-order chi connectivity index (χ1) is 11.6. The molecule has 0 fully saturated rings. The molecule has 0 aromatic heterocycles. The van der Waals surface area contributed by atoms with Crippen LogP contribution in [-0.2, 0) is 14.3 Å². The first-order valence-corrected chi connectivity index (χ1v) is 10.0. The summed E-state index contributed by atoms with van der Waals surface area (Å²) in [6, 6.07) is 0. The maximum Gasteiger partial charge on any atom is 0.325 e. The predicted molar refractivity (Wildman–Crippen MR) is 100.0 cm³/mol. The summed E-state index contributed by atoms with van der Waals surface area (Å²) in [4.78, 5) is 25.1. The Bertz CT molecular complexity index is 318. The molecule has 4 nitrogen and oxygen atoms in total. The fourth-order valence-electron chi connectivity index (χ4n) is 2.64. The molecule has 0 aliphatic carbocycles. The Labute approximate surface area is 149 Å². The van der Waals surface area contributed by atoms with Crippen LogP contribution in [0.2, 0.25) is 0 Å². The molecule has 0 aromatic rings. The summed E-state index contributed by atoms with van der Waals surface area (Å²) in [7, 11) is 1.68. The minimum atomic E-state index is -0.297. The summed E-state index contributed by atoms with van der Waals surface area (Å²) in [5.74, 6) is -0.252. The van der Waals surface area contributed by atoms with Crippen molar-refractivity contribution < 1.29 is 14.3 Å². The van der Waals surface area contributed by atoms with E-state index in [4.69, 9.17) is 4.74 Å². The number of rotatable bonds is 16. The van der Waals surface area contributed by atoms with E-state index in [1.165, 1.54) is 49.8 Å². The first kappa shape index (κ1) is 22.9. The molecule has 0 aliphatic rings. The van der Waals surface area contributed by atoms with Crippen LogP contribution >= 0.6 is 0 Å². The van der Waals surface area contributed by atoms with E-state index in [0.29, 0.717) is 13.0 Å². The quantitative estimate of drug-likeness (QED) is 0.290. The Kier molecular flexibility index (Phi) is 16.0. The van der Waals surface area contributed by atoms with Crippen molar-refractivity contribution in [1.82, 2.24) is 4.90 Å². The molecule has 24 heavy (non-hydrogen) atoms. The van der Waals surface area contributed by atoms with Crippen molar-refractivity contribution in [2.24, 2.45) is 0 Å². The summed E-state index contributed by atoms with van der Waals surface area (Å²) in [5, 5.41) is 0. The van der Waals surface area contributed by atoms with Crippen LogP contribution in [0.15, 0.2) is 0 Å². The van der Waals surface area contributed by atoms with Crippen molar-refractivity contribution in [3.05, 3.63) is 0 Å². The van der Waals surface area contributed by atoms with Gasteiger partial charge in [-0.25, -0.2) is 0 Å². The van der Waals surface area contributed by atoms with Crippen LogP contribution in [0, 0.1) is 0 Å². The second kappa shape index (κ2) is 16.8. The molecule has 142 valence electrons. The molecule has 0 atom stereocenters. The molecule has 0 saturated heterocycles. The topological polar surface area (TPSA) is 46.6 Å². The Morgan fingerprint density at radius 1 is 0.750 bits per heavy atom. The van der Waals surface area contributed by atoms with E-state index >= 15 is 0 Å². The lowest BCUT2D eigenvalue weighted by Crippen LogP contribution is -2.33. The molecule has 4 heteroatoms. The van der Waals surface area contributed by atoms with Gasteiger partial charge in [-0.3, -0.25) is 9.59 Å². The molecule has 0 N–H and O–H groups in total. The summed E-state index contributed by atoms with van der Waals surface area (Å²) < 4.78 is 5.13. The Balaban J connectivity index is 3.53. The van der Waals surface area contributed by atoms with Crippen LogP contribution < -0.4 is 0 Å². The van der Waals surface area contributed by atoms with Crippen LogP contribution in [-0.4, -0.2) is 37.0 Å². The number of unbranched alkanes of at least 4 members (excludes halogenated alkanes) is 10. The van der Waals surface area contributed by atoms with Crippen molar-refractivity contribution in [1.29, 1.82) is 0 Å². The molecule has 0 unspecified atom stereocenters. The third-order valence-corrected chi connectivity index (χ3v) is 4.30. The molecule has 0 rings (SSSR count). The molecular formula is C20H39NO3. The minimum absolute atomic E-state index is 0.0449. The number of nitrogens with zero attached hydrogens (tertiary/aromatic N) is 1. The van der Waals surface area contributed by atoms with Crippen molar-refractivity contribution in [2.75, 3.05) is 20.2 Å². The molecule has 0 spiro atoms. The third-order valence-electron chi connectivity index (χ3n) is 4.30. The number of carbonyl (C=O) groups is 2. The number of carbonyl (C=O) groups excluding carboxylic acids is 2. The maximum absolute atomic E-state index is 12.0. The summed E-state index contributed by atoms with van der Waals surface area (Å²) in [6.07, 6.45) is 14.8. The van der Waals surface area contributed by atoms with E-state index < -0.39 is 0 Å². The minimum Gasteiger partial charge on any atom is -0.464 e.